The van der Waals surface area contributed by atoms with Gasteiger partial charge in [-0.25, -0.2) is 13.2 Å². The Balaban J connectivity index is 2.33. The van der Waals surface area contributed by atoms with Gasteiger partial charge in [-0.3, -0.25) is 0 Å². The maximum Gasteiger partial charge on any atom is 0.335 e. The van der Waals surface area contributed by atoms with Gasteiger partial charge in [-0.2, -0.15) is 0 Å². The van der Waals surface area contributed by atoms with Crippen LogP contribution in [0, 0.1) is 6.92 Å². The maximum absolute atomic E-state index is 12.3. The van der Waals surface area contributed by atoms with Crippen molar-refractivity contribution in [2.24, 2.45) is 0 Å². The molecule has 5 nitrogen and oxygen atoms in total. The van der Waals surface area contributed by atoms with Gasteiger partial charge in [-0.15, -0.1) is 0 Å². The van der Waals surface area contributed by atoms with Crippen LogP contribution in [0.1, 0.15) is 28.8 Å². The van der Waals surface area contributed by atoms with E-state index in [0.717, 1.165) is 12.8 Å². The van der Waals surface area contributed by atoms with Crippen molar-refractivity contribution in [2.75, 3.05) is 12.4 Å². The Kier molecular flexibility index (Phi) is 3.91. The van der Waals surface area contributed by atoms with Crippen LogP contribution in [0.4, 0.5) is 0 Å². The molecule has 19 heavy (non-hydrogen) atoms. The predicted molar refractivity (Wildman–Crippen MR) is 69.2 cm³/mol. The van der Waals surface area contributed by atoms with Gasteiger partial charge in [0.05, 0.1) is 22.3 Å². The molecule has 1 heterocycles. The predicted octanol–water partition coefficient (Wildman–Crippen LogP) is 1.65. The summed E-state index contributed by atoms with van der Waals surface area (Å²) in [5.41, 5.74) is 0.541. The lowest BCUT2D eigenvalue weighted by Crippen LogP contribution is -2.21. The van der Waals surface area contributed by atoms with Crippen molar-refractivity contribution in [3.8, 4) is 0 Å². The van der Waals surface area contributed by atoms with E-state index >= 15 is 0 Å². The fraction of sp³-hybridized carbons (Fsp3) is 0.462. The molecule has 104 valence electrons. The van der Waals surface area contributed by atoms with E-state index in [4.69, 9.17) is 9.84 Å². The van der Waals surface area contributed by atoms with Gasteiger partial charge in [0.2, 0.25) is 0 Å². The molecule has 1 saturated heterocycles. The number of rotatable bonds is 4. The first-order chi connectivity index (χ1) is 8.90. The van der Waals surface area contributed by atoms with E-state index in [1.807, 2.05) is 0 Å². The summed E-state index contributed by atoms with van der Waals surface area (Å²) in [5.74, 6) is -1.22. The normalized spacial score (nSPS) is 19.5. The van der Waals surface area contributed by atoms with Gasteiger partial charge in [0, 0.05) is 6.61 Å². The smallest absolute Gasteiger partial charge is 0.335 e. The lowest BCUT2D eigenvalue weighted by molar-refractivity contribution is 0.0696. The standard InChI is InChI=1S/C13H16O5S/c1-9-4-5-10(13(14)15)7-12(9)19(16,17)8-11-3-2-6-18-11/h4-5,7,11H,2-3,6,8H2,1H3,(H,14,15). The molecule has 1 N–H and O–H groups in total. The SMILES string of the molecule is Cc1ccc(C(=O)O)cc1S(=O)(=O)CC1CCCO1. The molecule has 1 aromatic rings. The Bertz CT molecular complexity index is 585. The zero-order valence-corrected chi connectivity index (χ0v) is 11.4. The third kappa shape index (κ3) is 3.13. The van der Waals surface area contributed by atoms with Crippen LogP contribution >= 0.6 is 0 Å². The van der Waals surface area contributed by atoms with Crippen molar-refractivity contribution >= 4 is 15.8 Å². The minimum atomic E-state index is -3.52. The lowest BCUT2D eigenvalue weighted by atomic mass is 10.1. The largest absolute Gasteiger partial charge is 0.478 e. The molecule has 1 fully saturated rings. The first kappa shape index (κ1) is 14.0. The van der Waals surface area contributed by atoms with E-state index in [2.05, 4.69) is 0 Å². The molecule has 1 aliphatic heterocycles. The lowest BCUT2D eigenvalue weighted by Gasteiger charge is -2.12. The van der Waals surface area contributed by atoms with Crippen molar-refractivity contribution in [3.63, 3.8) is 0 Å². The number of carboxylic acid groups (broad SMARTS) is 1. The monoisotopic (exact) mass is 284 g/mol. The number of sulfone groups is 1. The number of hydrogen-bond acceptors (Lipinski definition) is 4. The molecule has 1 unspecified atom stereocenters. The third-order valence-corrected chi connectivity index (χ3v) is 5.12. The molecule has 2 rings (SSSR count). The first-order valence-corrected chi connectivity index (χ1v) is 7.74. The molecule has 0 amide bonds. The summed E-state index contributed by atoms with van der Waals surface area (Å²) in [7, 11) is -3.52. The van der Waals surface area contributed by atoms with Crippen molar-refractivity contribution in [3.05, 3.63) is 29.3 Å². The third-order valence-electron chi connectivity index (χ3n) is 3.20. The van der Waals surface area contributed by atoms with Crippen molar-refractivity contribution in [2.45, 2.75) is 30.8 Å². The Hall–Kier alpha value is -1.40. The summed E-state index contributed by atoms with van der Waals surface area (Å²) in [6, 6.07) is 4.15. The van der Waals surface area contributed by atoms with Crippen LogP contribution in [0.3, 0.4) is 0 Å². The first-order valence-electron chi connectivity index (χ1n) is 6.08. The molecule has 0 radical (unpaired) electrons. The summed E-state index contributed by atoms with van der Waals surface area (Å²) in [6.07, 6.45) is 1.32. The van der Waals surface area contributed by atoms with Crippen molar-refractivity contribution in [1.82, 2.24) is 0 Å². The maximum atomic E-state index is 12.3. The molecule has 1 aromatic carbocycles. The zero-order valence-electron chi connectivity index (χ0n) is 10.6. The number of carboxylic acids is 1. The summed E-state index contributed by atoms with van der Waals surface area (Å²) in [4.78, 5) is 11.0. The fourth-order valence-corrected chi connectivity index (χ4v) is 3.98. The van der Waals surface area contributed by atoms with Crippen molar-refractivity contribution < 1.29 is 23.1 Å². The quantitative estimate of drug-likeness (QED) is 0.909. The molecule has 0 aromatic heterocycles. The highest BCUT2D eigenvalue weighted by molar-refractivity contribution is 7.91. The molecule has 0 saturated carbocycles. The van der Waals surface area contributed by atoms with E-state index in [0.29, 0.717) is 12.2 Å². The second-order valence-corrected chi connectivity index (χ2v) is 6.70. The van der Waals surface area contributed by atoms with Gasteiger partial charge in [0.25, 0.3) is 0 Å². The second-order valence-electron chi connectivity index (χ2n) is 4.70. The Morgan fingerprint density at radius 3 is 2.79 bits per heavy atom. The highest BCUT2D eigenvalue weighted by Crippen LogP contribution is 2.22. The minimum Gasteiger partial charge on any atom is -0.478 e. The van der Waals surface area contributed by atoms with Gasteiger partial charge in [-0.1, -0.05) is 6.07 Å². The van der Waals surface area contributed by atoms with Crippen LogP contribution in [0.2, 0.25) is 0 Å². The summed E-state index contributed by atoms with van der Waals surface area (Å²) < 4.78 is 30.0. The van der Waals surface area contributed by atoms with Crippen LogP contribution in [0.5, 0.6) is 0 Å². The Morgan fingerprint density at radius 2 is 2.21 bits per heavy atom. The van der Waals surface area contributed by atoms with Crippen LogP contribution in [0.25, 0.3) is 0 Å². The van der Waals surface area contributed by atoms with Crippen LogP contribution < -0.4 is 0 Å². The van der Waals surface area contributed by atoms with E-state index in [1.54, 1.807) is 6.92 Å². The van der Waals surface area contributed by atoms with Crippen LogP contribution in [0.15, 0.2) is 23.1 Å². The van der Waals surface area contributed by atoms with E-state index in [1.165, 1.54) is 18.2 Å². The number of carbonyl (C=O) groups is 1. The second kappa shape index (κ2) is 5.30. The van der Waals surface area contributed by atoms with Gasteiger partial charge >= 0.3 is 5.97 Å². The Labute approximate surface area is 112 Å². The zero-order chi connectivity index (χ0) is 14.0. The molecular formula is C13H16O5S. The Morgan fingerprint density at radius 1 is 1.47 bits per heavy atom. The minimum absolute atomic E-state index is 0.0171. The molecule has 6 heteroatoms. The number of ether oxygens (including phenoxy) is 1. The fourth-order valence-electron chi connectivity index (χ4n) is 2.18. The molecule has 0 aliphatic carbocycles. The van der Waals surface area contributed by atoms with Crippen LogP contribution in [-0.2, 0) is 14.6 Å². The van der Waals surface area contributed by atoms with Crippen LogP contribution in [-0.4, -0.2) is 38.0 Å². The topological polar surface area (TPSA) is 80.7 Å². The highest BCUT2D eigenvalue weighted by atomic mass is 32.2. The number of aromatic carboxylic acids is 1. The van der Waals surface area contributed by atoms with Gasteiger partial charge < -0.3 is 9.84 Å². The summed E-state index contributed by atoms with van der Waals surface area (Å²) in [5, 5.41) is 8.93. The average Bonchev–Trinajstić information content (AvgIpc) is 2.81. The summed E-state index contributed by atoms with van der Waals surface area (Å²) in [6.45, 7) is 2.25. The van der Waals surface area contributed by atoms with E-state index in [9.17, 15) is 13.2 Å². The van der Waals surface area contributed by atoms with E-state index in [-0.39, 0.29) is 22.3 Å². The number of benzene rings is 1. The highest BCUT2D eigenvalue weighted by Gasteiger charge is 2.26. The molecular weight excluding hydrogens is 268 g/mol. The average molecular weight is 284 g/mol. The van der Waals surface area contributed by atoms with Gasteiger partial charge in [0.15, 0.2) is 9.84 Å². The summed E-state index contributed by atoms with van der Waals surface area (Å²) >= 11 is 0. The van der Waals surface area contributed by atoms with Gasteiger partial charge in [-0.05, 0) is 37.5 Å². The molecule has 0 bridgehead atoms. The molecule has 1 atom stereocenters. The van der Waals surface area contributed by atoms with E-state index < -0.39 is 15.8 Å². The number of aryl methyl sites for hydroxylation is 1. The van der Waals surface area contributed by atoms with Crippen molar-refractivity contribution in [1.29, 1.82) is 0 Å². The molecule has 0 spiro atoms. The number of hydrogen-bond donors (Lipinski definition) is 1. The van der Waals surface area contributed by atoms with Gasteiger partial charge in [0.1, 0.15) is 0 Å². The molecule has 1 aliphatic rings.